The number of hydrogen-bond donors (Lipinski definition) is 2. The van der Waals surface area contributed by atoms with Crippen LogP contribution in [0.3, 0.4) is 0 Å². The molecule has 27 heavy (non-hydrogen) atoms. The van der Waals surface area contributed by atoms with E-state index in [0.717, 1.165) is 21.7 Å². The molecular weight excluding hydrogens is 408 g/mol. The van der Waals surface area contributed by atoms with Gasteiger partial charge in [-0.15, -0.1) is 0 Å². The number of carbonyl (C=O) groups excluding carboxylic acids is 1. The Morgan fingerprint density at radius 2 is 1.70 bits per heavy atom. The molecule has 3 rings (SSSR count). The van der Waals surface area contributed by atoms with Crippen LogP contribution in [0.1, 0.15) is 12.6 Å². The summed E-state index contributed by atoms with van der Waals surface area (Å²) in [6, 6.07) is 16.6. The summed E-state index contributed by atoms with van der Waals surface area (Å²) in [7, 11) is 0. The van der Waals surface area contributed by atoms with Crippen LogP contribution in [0.5, 0.6) is 5.75 Å². The van der Waals surface area contributed by atoms with Gasteiger partial charge in [-0.2, -0.15) is 0 Å². The first-order valence-corrected chi connectivity index (χ1v) is 9.18. The molecule has 0 saturated heterocycles. The number of nitrogens with zero attached hydrogens (tertiary/aromatic N) is 2. The first-order valence-electron chi connectivity index (χ1n) is 8.38. The highest BCUT2D eigenvalue weighted by Gasteiger charge is 2.14. The summed E-state index contributed by atoms with van der Waals surface area (Å²) in [6.45, 7) is 3.62. The Morgan fingerprint density at radius 1 is 1.04 bits per heavy atom. The number of anilines is 3. The van der Waals surface area contributed by atoms with Gasteiger partial charge in [0.05, 0.1) is 0 Å². The summed E-state index contributed by atoms with van der Waals surface area (Å²) in [4.78, 5) is 20.5. The average molecular weight is 427 g/mol. The molecule has 0 saturated carbocycles. The first kappa shape index (κ1) is 18.8. The number of amides is 1. The Balaban J connectivity index is 1.56. The van der Waals surface area contributed by atoms with Crippen molar-refractivity contribution in [2.24, 2.45) is 0 Å². The van der Waals surface area contributed by atoms with Gasteiger partial charge in [0.25, 0.3) is 5.91 Å². The van der Waals surface area contributed by atoms with E-state index in [0.29, 0.717) is 11.4 Å². The van der Waals surface area contributed by atoms with Crippen molar-refractivity contribution in [3.05, 3.63) is 71.1 Å². The van der Waals surface area contributed by atoms with Gasteiger partial charge in [0, 0.05) is 27.6 Å². The average Bonchev–Trinajstić information content (AvgIpc) is 2.65. The molecule has 7 heteroatoms. The molecule has 2 N–H and O–H groups in total. The second kappa shape index (κ2) is 8.64. The fraction of sp³-hybridized carbons (Fsp3) is 0.150. The summed E-state index contributed by atoms with van der Waals surface area (Å²) >= 11 is 3.37. The predicted octanol–water partition coefficient (Wildman–Crippen LogP) is 4.70. The predicted molar refractivity (Wildman–Crippen MR) is 109 cm³/mol. The molecule has 2 aromatic carbocycles. The summed E-state index contributed by atoms with van der Waals surface area (Å²) in [5.41, 5.74) is 2.44. The van der Waals surface area contributed by atoms with Crippen LogP contribution in [0.25, 0.3) is 0 Å². The van der Waals surface area contributed by atoms with E-state index in [1.54, 1.807) is 6.92 Å². The van der Waals surface area contributed by atoms with Crippen molar-refractivity contribution in [1.82, 2.24) is 9.97 Å². The van der Waals surface area contributed by atoms with Crippen molar-refractivity contribution in [3.63, 3.8) is 0 Å². The third kappa shape index (κ3) is 5.52. The largest absolute Gasteiger partial charge is 0.481 e. The number of aryl methyl sites for hydroxylation is 1. The summed E-state index contributed by atoms with van der Waals surface area (Å²) in [5, 5.41) is 6.04. The molecule has 6 nitrogen and oxygen atoms in total. The van der Waals surface area contributed by atoms with E-state index < -0.39 is 6.10 Å². The number of nitrogens with one attached hydrogen (secondary N) is 2. The Hall–Kier alpha value is -2.93. The zero-order valence-corrected chi connectivity index (χ0v) is 16.5. The number of halogens is 1. The van der Waals surface area contributed by atoms with E-state index in [1.165, 1.54) is 6.33 Å². The highest BCUT2D eigenvalue weighted by molar-refractivity contribution is 9.10. The first-order chi connectivity index (χ1) is 13.0. The van der Waals surface area contributed by atoms with Gasteiger partial charge in [-0.25, -0.2) is 9.97 Å². The van der Waals surface area contributed by atoms with Gasteiger partial charge in [0.1, 0.15) is 17.9 Å². The van der Waals surface area contributed by atoms with Crippen LogP contribution in [0.2, 0.25) is 0 Å². The number of hydrogen-bond acceptors (Lipinski definition) is 5. The Morgan fingerprint density at radius 3 is 2.37 bits per heavy atom. The normalized spacial score (nSPS) is 11.5. The number of rotatable bonds is 6. The van der Waals surface area contributed by atoms with Gasteiger partial charge in [0.15, 0.2) is 6.10 Å². The molecule has 1 atom stereocenters. The molecule has 1 unspecified atom stereocenters. The van der Waals surface area contributed by atoms with Crippen LogP contribution >= 0.6 is 15.9 Å². The van der Waals surface area contributed by atoms with E-state index in [-0.39, 0.29) is 5.91 Å². The summed E-state index contributed by atoms with van der Waals surface area (Å²) < 4.78 is 6.61. The monoisotopic (exact) mass is 426 g/mol. The molecule has 1 aromatic heterocycles. The van der Waals surface area contributed by atoms with Crippen molar-refractivity contribution in [3.8, 4) is 5.75 Å². The van der Waals surface area contributed by atoms with Gasteiger partial charge in [0.2, 0.25) is 0 Å². The van der Waals surface area contributed by atoms with Crippen molar-refractivity contribution >= 4 is 39.0 Å². The highest BCUT2D eigenvalue weighted by Crippen LogP contribution is 2.19. The molecule has 1 heterocycles. The number of carbonyl (C=O) groups is 1. The van der Waals surface area contributed by atoms with Crippen molar-refractivity contribution in [2.75, 3.05) is 10.6 Å². The maximum absolute atomic E-state index is 12.3. The minimum Gasteiger partial charge on any atom is -0.481 e. The van der Waals surface area contributed by atoms with E-state index in [9.17, 15) is 4.79 Å². The summed E-state index contributed by atoms with van der Waals surface area (Å²) in [6.07, 6.45) is 0.895. The molecule has 0 radical (unpaired) electrons. The Labute approximate surface area is 166 Å². The van der Waals surface area contributed by atoms with E-state index in [4.69, 9.17) is 4.74 Å². The second-order valence-corrected chi connectivity index (χ2v) is 6.87. The van der Waals surface area contributed by atoms with Gasteiger partial charge < -0.3 is 15.4 Å². The van der Waals surface area contributed by atoms with Gasteiger partial charge in [-0.1, -0.05) is 15.9 Å². The Kier molecular flexibility index (Phi) is 6.03. The zero-order valence-electron chi connectivity index (χ0n) is 14.9. The van der Waals surface area contributed by atoms with Gasteiger partial charge in [-0.05, 0) is 62.4 Å². The minimum atomic E-state index is -0.618. The molecule has 0 fully saturated rings. The van der Waals surface area contributed by atoms with Crippen LogP contribution in [0.4, 0.5) is 17.2 Å². The molecule has 0 aliphatic carbocycles. The molecule has 0 spiro atoms. The number of aromatic nitrogens is 2. The lowest BCUT2D eigenvalue weighted by atomic mass is 10.2. The highest BCUT2D eigenvalue weighted by atomic mass is 79.9. The third-order valence-corrected chi connectivity index (χ3v) is 4.25. The van der Waals surface area contributed by atoms with Crippen LogP contribution in [-0.4, -0.2) is 22.0 Å². The smallest absolute Gasteiger partial charge is 0.265 e. The SMILES string of the molecule is Cc1cc(Nc2ccc(NC(=O)C(C)Oc3ccc(Br)cc3)cc2)ncn1. The third-order valence-electron chi connectivity index (χ3n) is 3.72. The van der Waals surface area contributed by atoms with Crippen molar-refractivity contribution in [1.29, 1.82) is 0 Å². The topological polar surface area (TPSA) is 76.1 Å². The van der Waals surface area contributed by atoms with Crippen LogP contribution in [0, 0.1) is 6.92 Å². The van der Waals surface area contributed by atoms with Crippen molar-refractivity contribution in [2.45, 2.75) is 20.0 Å². The molecule has 0 aliphatic rings. The zero-order chi connectivity index (χ0) is 19.2. The lowest BCUT2D eigenvalue weighted by Crippen LogP contribution is -2.30. The fourth-order valence-corrected chi connectivity index (χ4v) is 2.59. The maximum Gasteiger partial charge on any atom is 0.265 e. The van der Waals surface area contributed by atoms with Gasteiger partial charge in [-0.3, -0.25) is 4.79 Å². The fourth-order valence-electron chi connectivity index (χ4n) is 2.32. The van der Waals surface area contributed by atoms with E-state index >= 15 is 0 Å². The molecule has 138 valence electrons. The van der Waals surface area contributed by atoms with E-state index in [2.05, 4.69) is 36.5 Å². The molecular formula is C20H19BrN4O2. The van der Waals surface area contributed by atoms with Gasteiger partial charge >= 0.3 is 0 Å². The molecule has 3 aromatic rings. The van der Waals surface area contributed by atoms with E-state index in [1.807, 2.05) is 61.5 Å². The molecule has 1 amide bonds. The van der Waals surface area contributed by atoms with Crippen molar-refractivity contribution < 1.29 is 9.53 Å². The summed E-state index contributed by atoms with van der Waals surface area (Å²) in [5.74, 6) is 1.14. The minimum absolute atomic E-state index is 0.218. The molecule has 0 bridgehead atoms. The molecule has 0 aliphatic heterocycles. The van der Waals surface area contributed by atoms with Crippen LogP contribution in [-0.2, 0) is 4.79 Å². The second-order valence-electron chi connectivity index (χ2n) is 5.95. The number of benzene rings is 2. The number of ether oxygens (including phenoxy) is 1. The van der Waals surface area contributed by atoms with Crippen LogP contribution < -0.4 is 15.4 Å². The Bertz CT molecular complexity index is 914. The lowest BCUT2D eigenvalue weighted by Gasteiger charge is -2.15. The maximum atomic E-state index is 12.3. The quantitative estimate of drug-likeness (QED) is 0.597. The van der Waals surface area contributed by atoms with Crippen LogP contribution in [0.15, 0.2) is 65.4 Å². The standard InChI is InChI=1S/C20H19BrN4O2/c1-13-11-19(23-12-22-13)24-16-5-7-17(8-6-16)25-20(26)14(2)27-18-9-3-15(21)4-10-18/h3-12,14H,1-2H3,(H,25,26)(H,22,23,24). The lowest BCUT2D eigenvalue weighted by molar-refractivity contribution is -0.122.